The number of hydrogen-bond acceptors (Lipinski definition) is 6. The van der Waals surface area contributed by atoms with Gasteiger partial charge < -0.3 is 25.0 Å². The maximum absolute atomic E-state index is 13.0. The van der Waals surface area contributed by atoms with Crippen molar-refractivity contribution in [3.8, 4) is 0 Å². The van der Waals surface area contributed by atoms with Crippen LogP contribution in [0.3, 0.4) is 0 Å². The van der Waals surface area contributed by atoms with Gasteiger partial charge >= 0.3 is 5.97 Å². The molecule has 1 heterocycles. The van der Waals surface area contributed by atoms with E-state index in [0.717, 1.165) is 5.56 Å². The van der Waals surface area contributed by atoms with Crippen molar-refractivity contribution in [2.24, 2.45) is 17.6 Å². The molecule has 2 aliphatic rings. The van der Waals surface area contributed by atoms with Gasteiger partial charge in [0.15, 0.2) is 6.61 Å². The van der Waals surface area contributed by atoms with Crippen LogP contribution in [0.25, 0.3) is 0 Å². The highest BCUT2D eigenvalue weighted by atomic mass is 16.5. The molecule has 178 valence electrons. The summed E-state index contributed by atoms with van der Waals surface area (Å²) in [5, 5.41) is 0. The fourth-order valence-corrected chi connectivity index (χ4v) is 4.04. The number of amides is 3. The van der Waals surface area contributed by atoms with Gasteiger partial charge in [0.2, 0.25) is 11.8 Å². The molecule has 0 bridgehead atoms. The molecule has 1 aromatic carbocycles. The highest BCUT2D eigenvalue weighted by molar-refractivity contribution is 5.87. The lowest BCUT2D eigenvalue weighted by Crippen LogP contribution is -2.47. The van der Waals surface area contributed by atoms with Crippen LogP contribution >= 0.6 is 0 Å². The Kier molecular flexibility index (Phi) is 9.00. The molecule has 1 aromatic rings. The van der Waals surface area contributed by atoms with Gasteiger partial charge in [-0.05, 0) is 18.4 Å². The predicted molar refractivity (Wildman–Crippen MR) is 119 cm³/mol. The highest BCUT2D eigenvalue weighted by Gasteiger charge is 2.38. The van der Waals surface area contributed by atoms with Crippen molar-refractivity contribution in [1.82, 2.24) is 9.80 Å². The molecule has 33 heavy (non-hydrogen) atoms. The van der Waals surface area contributed by atoms with E-state index >= 15 is 0 Å². The number of allylic oxidation sites excluding steroid dienone is 2. The summed E-state index contributed by atoms with van der Waals surface area (Å²) < 4.78 is 10.7. The summed E-state index contributed by atoms with van der Waals surface area (Å²) >= 11 is 0. The van der Waals surface area contributed by atoms with E-state index in [0.29, 0.717) is 39.1 Å². The number of ether oxygens (including phenoxy) is 2. The maximum Gasteiger partial charge on any atom is 0.310 e. The molecule has 2 atom stereocenters. The molecule has 0 saturated carbocycles. The Balaban J connectivity index is 1.59. The second-order valence-corrected chi connectivity index (χ2v) is 8.22. The molecule has 3 amide bonds. The molecule has 1 fully saturated rings. The van der Waals surface area contributed by atoms with Crippen LogP contribution in [0.2, 0.25) is 0 Å². The molecule has 9 nitrogen and oxygen atoms in total. The standard InChI is InChI=1S/C24H31N3O6/c25-21(28)10-11-27(16-18-6-2-1-3-7-18)22(29)17-33-24(31)20-9-5-4-8-19(20)23(30)26-12-14-32-15-13-26/h1-7,19-20H,8-17H2,(H2,25,28). The van der Waals surface area contributed by atoms with Crippen LogP contribution in [-0.2, 0) is 35.2 Å². The molecule has 1 aliphatic carbocycles. The van der Waals surface area contributed by atoms with Crippen molar-refractivity contribution in [2.45, 2.75) is 25.8 Å². The van der Waals surface area contributed by atoms with Crippen LogP contribution in [0.4, 0.5) is 0 Å². The van der Waals surface area contributed by atoms with Gasteiger partial charge in [-0.2, -0.15) is 0 Å². The van der Waals surface area contributed by atoms with Gasteiger partial charge in [0, 0.05) is 32.6 Å². The average molecular weight is 458 g/mol. The van der Waals surface area contributed by atoms with Gasteiger partial charge in [0.25, 0.3) is 5.91 Å². The van der Waals surface area contributed by atoms with Crippen molar-refractivity contribution in [3.63, 3.8) is 0 Å². The second-order valence-electron chi connectivity index (χ2n) is 8.22. The van der Waals surface area contributed by atoms with Gasteiger partial charge in [0.1, 0.15) is 0 Å². The van der Waals surface area contributed by atoms with E-state index in [9.17, 15) is 19.2 Å². The van der Waals surface area contributed by atoms with Crippen LogP contribution in [0, 0.1) is 11.8 Å². The van der Waals surface area contributed by atoms with Crippen molar-refractivity contribution >= 4 is 23.7 Å². The molecule has 9 heteroatoms. The Morgan fingerprint density at radius 1 is 1.03 bits per heavy atom. The predicted octanol–water partition coefficient (Wildman–Crippen LogP) is 0.875. The third kappa shape index (κ3) is 7.15. The number of morpholine rings is 1. The smallest absolute Gasteiger partial charge is 0.310 e. The zero-order valence-corrected chi connectivity index (χ0v) is 18.7. The Hall–Kier alpha value is -3.20. The first kappa shape index (κ1) is 24.4. The molecule has 2 N–H and O–H groups in total. The van der Waals surface area contributed by atoms with Crippen LogP contribution in [0.15, 0.2) is 42.5 Å². The minimum Gasteiger partial charge on any atom is -0.455 e. The van der Waals surface area contributed by atoms with E-state index in [1.807, 2.05) is 42.5 Å². The zero-order chi connectivity index (χ0) is 23.6. The summed E-state index contributed by atoms with van der Waals surface area (Å²) in [5.74, 6) is -2.72. The van der Waals surface area contributed by atoms with Crippen LogP contribution < -0.4 is 5.73 Å². The first-order valence-electron chi connectivity index (χ1n) is 11.2. The molecule has 3 rings (SSSR count). The van der Waals surface area contributed by atoms with Gasteiger partial charge in [0.05, 0.1) is 25.0 Å². The third-order valence-electron chi connectivity index (χ3n) is 5.91. The fourth-order valence-electron chi connectivity index (χ4n) is 4.04. The minimum absolute atomic E-state index is 0.00998. The lowest BCUT2D eigenvalue weighted by Gasteiger charge is -2.33. The van der Waals surface area contributed by atoms with E-state index in [1.54, 1.807) is 4.90 Å². The summed E-state index contributed by atoms with van der Waals surface area (Å²) in [6.45, 7) is 1.94. The Morgan fingerprint density at radius 3 is 2.36 bits per heavy atom. The first-order valence-corrected chi connectivity index (χ1v) is 11.2. The van der Waals surface area contributed by atoms with Crippen molar-refractivity contribution in [2.75, 3.05) is 39.5 Å². The maximum atomic E-state index is 13.0. The van der Waals surface area contributed by atoms with E-state index in [2.05, 4.69) is 0 Å². The molecular weight excluding hydrogens is 426 g/mol. The lowest BCUT2D eigenvalue weighted by molar-refractivity contribution is -0.160. The monoisotopic (exact) mass is 457 g/mol. The van der Waals surface area contributed by atoms with E-state index in [4.69, 9.17) is 15.2 Å². The topological polar surface area (TPSA) is 119 Å². The summed E-state index contributed by atoms with van der Waals surface area (Å²) in [7, 11) is 0. The summed E-state index contributed by atoms with van der Waals surface area (Å²) in [5.41, 5.74) is 6.13. The zero-order valence-electron chi connectivity index (χ0n) is 18.7. The quantitative estimate of drug-likeness (QED) is 0.434. The third-order valence-corrected chi connectivity index (χ3v) is 5.91. The SMILES string of the molecule is NC(=O)CCN(Cc1ccccc1)C(=O)COC(=O)C1CC=CCC1C(=O)N1CCOCC1. The van der Waals surface area contributed by atoms with Gasteiger partial charge in [-0.1, -0.05) is 42.5 Å². The molecule has 1 aliphatic heterocycles. The van der Waals surface area contributed by atoms with Crippen molar-refractivity contribution < 1.29 is 28.7 Å². The number of hydrogen-bond donors (Lipinski definition) is 1. The Labute approximate surface area is 193 Å². The number of nitrogens with two attached hydrogens (primary N) is 1. The number of benzene rings is 1. The van der Waals surface area contributed by atoms with Crippen LogP contribution in [0.1, 0.15) is 24.8 Å². The first-order chi connectivity index (χ1) is 16.0. The number of primary amides is 1. The minimum atomic E-state index is -0.633. The van der Waals surface area contributed by atoms with Crippen molar-refractivity contribution in [3.05, 3.63) is 48.0 Å². The molecule has 2 unspecified atom stereocenters. The van der Waals surface area contributed by atoms with Gasteiger partial charge in [-0.25, -0.2) is 0 Å². The van der Waals surface area contributed by atoms with Gasteiger partial charge in [-0.15, -0.1) is 0 Å². The van der Waals surface area contributed by atoms with Crippen LogP contribution in [-0.4, -0.2) is 72.9 Å². The average Bonchev–Trinajstić information content (AvgIpc) is 2.85. The number of rotatable bonds is 9. The largest absolute Gasteiger partial charge is 0.455 e. The molecule has 0 aromatic heterocycles. The van der Waals surface area contributed by atoms with E-state index in [-0.39, 0.29) is 25.4 Å². The summed E-state index contributed by atoms with van der Waals surface area (Å²) in [4.78, 5) is 53.0. The number of carbonyl (C=O) groups excluding carboxylic acids is 4. The Bertz CT molecular complexity index is 866. The van der Waals surface area contributed by atoms with E-state index in [1.165, 1.54) is 4.90 Å². The second kappa shape index (κ2) is 12.2. The molecule has 0 spiro atoms. The normalized spacial score (nSPS) is 20.2. The molecule has 0 radical (unpaired) electrons. The molecular formula is C24H31N3O6. The Morgan fingerprint density at radius 2 is 1.70 bits per heavy atom. The van der Waals surface area contributed by atoms with Crippen LogP contribution in [0.5, 0.6) is 0 Å². The highest BCUT2D eigenvalue weighted by Crippen LogP contribution is 2.29. The fraction of sp³-hybridized carbons (Fsp3) is 0.500. The lowest BCUT2D eigenvalue weighted by atomic mass is 9.82. The summed E-state index contributed by atoms with van der Waals surface area (Å²) in [6, 6.07) is 9.32. The number of nitrogens with zero attached hydrogens (tertiary/aromatic N) is 2. The summed E-state index contributed by atoms with van der Waals surface area (Å²) in [6.07, 6.45) is 4.64. The van der Waals surface area contributed by atoms with E-state index < -0.39 is 36.2 Å². The molecule has 1 saturated heterocycles. The van der Waals surface area contributed by atoms with Crippen molar-refractivity contribution in [1.29, 1.82) is 0 Å². The number of carbonyl (C=O) groups is 4. The van der Waals surface area contributed by atoms with Gasteiger partial charge in [-0.3, -0.25) is 19.2 Å². The number of esters is 1.